The zero-order chi connectivity index (χ0) is 10.4. The number of hydrogen-bond acceptors (Lipinski definition) is 1. The minimum atomic E-state index is 0.822. The van der Waals surface area contributed by atoms with E-state index in [2.05, 4.69) is 26.1 Å². The summed E-state index contributed by atoms with van der Waals surface area (Å²) in [6.45, 7) is 8.19. The Bertz CT molecular complexity index is 144. The van der Waals surface area contributed by atoms with Gasteiger partial charge in [-0.1, -0.05) is 46.5 Å². The van der Waals surface area contributed by atoms with Crippen LogP contribution in [0.2, 0.25) is 0 Å². The van der Waals surface area contributed by atoms with E-state index >= 15 is 0 Å². The molecule has 0 aromatic heterocycles. The Morgan fingerprint density at radius 3 is 2.57 bits per heavy atom. The highest BCUT2D eigenvalue weighted by atomic mass is 14.9. The molecule has 1 aliphatic carbocycles. The Kier molecular flexibility index (Phi) is 5.54. The van der Waals surface area contributed by atoms with E-state index in [0.717, 1.165) is 17.9 Å². The van der Waals surface area contributed by atoms with E-state index in [-0.39, 0.29) is 0 Å². The van der Waals surface area contributed by atoms with Crippen molar-refractivity contribution in [1.82, 2.24) is 5.32 Å². The summed E-state index contributed by atoms with van der Waals surface area (Å²) < 4.78 is 0. The SMILES string of the molecule is CCC(C)CNC1CCCCC1CC. The molecule has 1 rings (SSSR count). The van der Waals surface area contributed by atoms with Crippen molar-refractivity contribution in [1.29, 1.82) is 0 Å². The molecule has 1 saturated carbocycles. The third-order valence-electron chi connectivity index (χ3n) is 3.86. The summed E-state index contributed by atoms with van der Waals surface area (Å²) in [6, 6.07) is 0.822. The summed E-state index contributed by atoms with van der Waals surface area (Å²) in [4.78, 5) is 0. The lowest BCUT2D eigenvalue weighted by atomic mass is 9.82. The monoisotopic (exact) mass is 197 g/mol. The van der Waals surface area contributed by atoms with Crippen LogP contribution in [-0.4, -0.2) is 12.6 Å². The normalized spacial score (nSPS) is 30.2. The number of nitrogens with one attached hydrogen (secondary N) is 1. The van der Waals surface area contributed by atoms with Gasteiger partial charge in [-0.15, -0.1) is 0 Å². The van der Waals surface area contributed by atoms with Crippen molar-refractivity contribution < 1.29 is 0 Å². The van der Waals surface area contributed by atoms with Crippen molar-refractivity contribution in [3.05, 3.63) is 0 Å². The molecule has 0 saturated heterocycles. The lowest BCUT2D eigenvalue weighted by Crippen LogP contribution is -2.40. The highest BCUT2D eigenvalue weighted by Crippen LogP contribution is 2.26. The van der Waals surface area contributed by atoms with E-state index in [4.69, 9.17) is 0 Å². The number of rotatable bonds is 5. The van der Waals surface area contributed by atoms with Crippen molar-refractivity contribution in [2.45, 2.75) is 65.3 Å². The molecule has 0 amide bonds. The Morgan fingerprint density at radius 2 is 1.93 bits per heavy atom. The highest BCUT2D eigenvalue weighted by molar-refractivity contribution is 4.80. The minimum absolute atomic E-state index is 0.822. The fraction of sp³-hybridized carbons (Fsp3) is 1.00. The van der Waals surface area contributed by atoms with Crippen molar-refractivity contribution in [3.63, 3.8) is 0 Å². The van der Waals surface area contributed by atoms with E-state index in [0.29, 0.717) is 0 Å². The topological polar surface area (TPSA) is 12.0 Å². The van der Waals surface area contributed by atoms with Crippen LogP contribution in [0.15, 0.2) is 0 Å². The van der Waals surface area contributed by atoms with Crippen molar-refractivity contribution in [2.24, 2.45) is 11.8 Å². The molecule has 1 heteroatoms. The molecule has 0 spiro atoms. The van der Waals surface area contributed by atoms with E-state index < -0.39 is 0 Å². The van der Waals surface area contributed by atoms with E-state index in [1.54, 1.807) is 0 Å². The lowest BCUT2D eigenvalue weighted by molar-refractivity contribution is 0.247. The maximum absolute atomic E-state index is 3.77. The van der Waals surface area contributed by atoms with Gasteiger partial charge in [-0.25, -0.2) is 0 Å². The second-order valence-electron chi connectivity index (χ2n) is 4.98. The first-order valence-electron chi connectivity index (χ1n) is 6.51. The van der Waals surface area contributed by atoms with Crippen molar-refractivity contribution in [3.8, 4) is 0 Å². The second kappa shape index (κ2) is 6.44. The zero-order valence-electron chi connectivity index (χ0n) is 10.2. The first-order chi connectivity index (χ1) is 6.77. The van der Waals surface area contributed by atoms with E-state index in [1.165, 1.54) is 45.1 Å². The summed E-state index contributed by atoms with van der Waals surface area (Å²) >= 11 is 0. The summed E-state index contributed by atoms with van der Waals surface area (Å²) in [7, 11) is 0. The fourth-order valence-corrected chi connectivity index (χ4v) is 2.46. The van der Waals surface area contributed by atoms with Crippen LogP contribution in [0.4, 0.5) is 0 Å². The highest BCUT2D eigenvalue weighted by Gasteiger charge is 2.22. The molecular formula is C13H27N. The van der Waals surface area contributed by atoms with Crippen LogP contribution in [0.5, 0.6) is 0 Å². The summed E-state index contributed by atoms with van der Waals surface area (Å²) in [6.07, 6.45) is 8.42. The van der Waals surface area contributed by atoms with Gasteiger partial charge >= 0.3 is 0 Å². The average molecular weight is 197 g/mol. The van der Waals surface area contributed by atoms with Crippen LogP contribution >= 0.6 is 0 Å². The maximum atomic E-state index is 3.77. The predicted molar refractivity (Wildman–Crippen MR) is 63.5 cm³/mol. The average Bonchev–Trinajstić information content (AvgIpc) is 2.26. The molecule has 0 aromatic carbocycles. The molecule has 0 aromatic rings. The van der Waals surface area contributed by atoms with Crippen molar-refractivity contribution >= 4 is 0 Å². The predicted octanol–water partition coefficient (Wildman–Crippen LogP) is 3.59. The third-order valence-corrected chi connectivity index (χ3v) is 3.86. The van der Waals surface area contributed by atoms with Crippen LogP contribution in [0.1, 0.15) is 59.3 Å². The molecule has 3 atom stereocenters. The van der Waals surface area contributed by atoms with Gasteiger partial charge < -0.3 is 5.32 Å². The molecule has 1 N–H and O–H groups in total. The van der Waals surface area contributed by atoms with Crippen LogP contribution in [0.3, 0.4) is 0 Å². The molecule has 14 heavy (non-hydrogen) atoms. The second-order valence-corrected chi connectivity index (χ2v) is 4.98. The molecule has 84 valence electrons. The Morgan fingerprint density at radius 1 is 1.21 bits per heavy atom. The van der Waals surface area contributed by atoms with Gasteiger partial charge in [0.1, 0.15) is 0 Å². The standard InChI is InChI=1S/C13H27N/c1-4-11(3)10-14-13-9-7-6-8-12(13)5-2/h11-14H,4-10H2,1-3H3. The molecule has 0 radical (unpaired) electrons. The molecule has 0 bridgehead atoms. The summed E-state index contributed by atoms with van der Waals surface area (Å²) in [5.74, 6) is 1.79. The van der Waals surface area contributed by atoms with Gasteiger partial charge in [0.05, 0.1) is 0 Å². The number of hydrogen-bond donors (Lipinski definition) is 1. The first-order valence-corrected chi connectivity index (χ1v) is 6.51. The van der Waals surface area contributed by atoms with Crippen LogP contribution in [0, 0.1) is 11.8 Å². The minimum Gasteiger partial charge on any atom is -0.313 e. The molecule has 0 aliphatic heterocycles. The van der Waals surface area contributed by atoms with Crippen LogP contribution in [0.25, 0.3) is 0 Å². The Labute approximate surface area is 89.7 Å². The van der Waals surface area contributed by atoms with Gasteiger partial charge in [-0.05, 0) is 31.2 Å². The molecule has 1 nitrogen and oxygen atoms in total. The maximum Gasteiger partial charge on any atom is 0.00953 e. The lowest BCUT2D eigenvalue weighted by Gasteiger charge is -2.32. The van der Waals surface area contributed by atoms with Gasteiger partial charge in [0.15, 0.2) is 0 Å². The van der Waals surface area contributed by atoms with Crippen LogP contribution in [-0.2, 0) is 0 Å². The smallest absolute Gasteiger partial charge is 0.00953 e. The summed E-state index contributed by atoms with van der Waals surface area (Å²) in [5, 5.41) is 3.77. The van der Waals surface area contributed by atoms with Gasteiger partial charge in [-0.3, -0.25) is 0 Å². The molecular weight excluding hydrogens is 170 g/mol. The summed E-state index contributed by atoms with van der Waals surface area (Å²) in [5.41, 5.74) is 0. The van der Waals surface area contributed by atoms with Gasteiger partial charge in [0.2, 0.25) is 0 Å². The fourth-order valence-electron chi connectivity index (χ4n) is 2.46. The molecule has 1 fully saturated rings. The van der Waals surface area contributed by atoms with Gasteiger partial charge in [0.25, 0.3) is 0 Å². The van der Waals surface area contributed by atoms with E-state index in [9.17, 15) is 0 Å². The molecule has 0 heterocycles. The van der Waals surface area contributed by atoms with Gasteiger partial charge in [-0.2, -0.15) is 0 Å². The zero-order valence-corrected chi connectivity index (χ0v) is 10.2. The third kappa shape index (κ3) is 3.61. The molecule has 3 unspecified atom stereocenters. The Balaban J connectivity index is 2.26. The molecule has 1 aliphatic rings. The van der Waals surface area contributed by atoms with Gasteiger partial charge in [0, 0.05) is 6.04 Å². The van der Waals surface area contributed by atoms with Crippen molar-refractivity contribution in [2.75, 3.05) is 6.54 Å². The van der Waals surface area contributed by atoms with E-state index in [1.807, 2.05) is 0 Å². The first kappa shape index (κ1) is 12.0. The largest absolute Gasteiger partial charge is 0.313 e. The quantitative estimate of drug-likeness (QED) is 0.710. The van der Waals surface area contributed by atoms with Crippen LogP contribution < -0.4 is 5.32 Å². The Hall–Kier alpha value is -0.0400.